The fourth-order valence-corrected chi connectivity index (χ4v) is 7.11. The highest BCUT2D eigenvalue weighted by molar-refractivity contribution is 6.15. The quantitative estimate of drug-likeness (QED) is 0.204. The molecule has 1 aliphatic rings. The van der Waals surface area contributed by atoms with E-state index in [0.29, 0.717) is 17.5 Å². The minimum absolute atomic E-state index is 0.150. The zero-order valence-electron chi connectivity index (χ0n) is 25.5. The lowest BCUT2D eigenvalue weighted by Crippen LogP contribution is -2.15. The first-order valence-corrected chi connectivity index (χ1v) is 15.6. The Hall–Kier alpha value is -5.87. The molecule has 0 atom stereocenters. The molecule has 0 N–H and O–H groups in total. The number of hydrogen-bond donors (Lipinski definition) is 0. The normalized spacial score (nSPS) is 13.2. The number of benzene rings is 6. The molecule has 8 aromatic rings. The molecule has 0 saturated carbocycles. The Bertz CT molecular complexity index is 2370. The summed E-state index contributed by atoms with van der Waals surface area (Å²) in [5.74, 6) is 1.95. The Morgan fingerprint density at radius 2 is 1.00 bits per heavy atom. The van der Waals surface area contributed by atoms with E-state index in [9.17, 15) is 0 Å². The molecule has 0 spiro atoms. The molecular formula is C42H29N3O. The third kappa shape index (κ3) is 4.04. The van der Waals surface area contributed by atoms with E-state index >= 15 is 0 Å². The molecule has 0 fully saturated rings. The molecule has 9 rings (SSSR count). The number of aromatic nitrogens is 3. The minimum Gasteiger partial charge on any atom is -0.456 e. The van der Waals surface area contributed by atoms with Gasteiger partial charge in [0.05, 0.1) is 0 Å². The van der Waals surface area contributed by atoms with Crippen LogP contribution in [0.15, 0.2) is 144 Å². The molecule has 1 aliphatic carbocycles. The average Bonchev–Trinajstić information content (AvgIpc) is 3.61. The number of rotatable bonds is 4. The summed E-state index contributed by atoms with van der Waals surface area (Å²) < 4.78 is 6.70. The first kappa shape index (κ1) is 26.5. The van der Waals surface area contributed by atoms with Crippen LogP contribution in [0.5, 0.6) is 0 Å². The SMILES string of the molecule is CC1(C)c2ccccc2-c2ccc3c(oc4cccc(-c5ccc(-c6nc(-c7ccccc7)nc(-c7ccccc7)n6)cc5)c43)c21. The Morgan fingerprint density at radius 1 is 0.457 bits per heavy atom. The van der Waals surface area contributed by atoms with E-state index < -0.39 is 0 Å². The summed E-state index contributed by atoms with van der Waals surface area (Å²) in [4.78, 5) is 14.7. The Kier molecular flexibility index (Phi) is 5.81. The molecule has 4 nitrogen and oxygen atoms in total. The van der Waals surface area contributed by atoms with Crippen LogP contribution in [0.3, 0.4) is 0 Å². The van der Waals surface area contributed by atoms with Gasteiger partial charge in [0.1, 0.15) is 11.2 Å². The Morgan fingerprint density at radius 3 is 1.65 bits per heavy atom. The standard InChI is InChI=1S/C42H29N3O/c1-42(2)34-18-10-9-16-31(34)32-24-25-33-36-30(17-11-19-35(36)46-38(33)37(32)42)26-20-22-29(23-21-26)41-44-39(27-12-5-3-6-13-27)43-40(45-41)28-14-7-4-8-15-28/h3-25H,1-2H3. The van der Waals surface area contributed by atoms with Gasteiger partial charge in [0.2, 0.25) is 0 Å². The van der Waals surface area contributed by atoms with Crippen molar-refractivity contribution in [3.63, 3.8) is 0 Å². The summed E-state index contributed by atoms with van der Waals surface area (Å²) in [6.45, 7) is 4.61. The highest BCUT2D eigenvalue weighted by atomic mass is 16.3. The van der Waals surface area contributed by atoms with Crippen LogP contribution in [0, 0.1) is 0 Å². The summed E-state index contributed by atoms with van der Waals surface area (Å²) in [6.07, 6.45) is 0. The first-order chi connectivity index (χ1) is 22.6. The van der Waals surface area contributed by atoms with Gasteiger partial charge in [-0.05, 0) is 39.9 Å². The van der Waals surface area contributed by atoms with Crippen molar-refractivity contribution in [2.24, 2.45) is 0 Å². The summed E-state index contributed by atoms with van der Waals surface area (Å²) >= 11 is 0. The number of furan rings is 1. The molecule has 6 aromatic carbocycles. The van der Waals surface area contributed by atoms with Gasteiger partial charge in [-0.25, -0.2) is 15.0 Å². The maximum Gasteiger partial charge on any atom is 0.164 e. The van der Waals surface area contributed by atoms with E-state index in [1.807, 2.05) is 60.7 Å². The molecule has 46 heavy (non-hydrogen) atoms. The highest BCUT2D eigenvalue weighted by Crippen LogP contribution is 2.53. The molecule has 218 valence electrons. The van der Waals surface area contributed by atoms with Crippen LogP contribution < -0.4 is 0 Å². The predicted molar refractivity (Wildman–Crippen MR) is 186 cm³/mol. The van der Waals surface area contributed by atoms with Crippen molar-refractivity contribution < 1.29 is 4.42 Å². The third-order valence-electron chi connectivity index (χ3n) is 9.33. The number of fused-ring (bicyclic) bond motifs is 7. The van der Waals surface area contributed by atoms with Gasteiger partial charge in [-0.1, -0.05) is 141 Å². The van der Waals surface area contributed by atoms with Crippen molar-refractivity contribution in [2.75, 3.05) is 0 Å². The lowest BCUT2D eigenvalue weighted by Gasteiger charge is -2.21. The minimum atomic E-state index is -0.150. The van der Waals surface area contributed by atoms with Gasteiger partial charge in [0.25, 0.3) is 0 Å². The van der Waals surface area contributed by atoms with E-state index in [4.69, 9.17) is 19.4 Å². The lowest BCUT2D eigenvalue weighted by atomic mass is 9.81. The Labute approximate surface area is 267 Å². The van der Waals surface area contributed by atoms with Gasteiger partial charge in [0, 0.05) is 38.4 Å². The summed E-state index contributed by atoms with van der Waals surface area (Å²) in [5, 5.41) is 2.28. The van der Waals surface area contributed by atoms with E-state index in [0.717, 1.165) is 49.8 Å². The number of nitrogens with zero attached hydrogens (tertiary/aromatic N) is 3. The van der Waals surface area contributed by atoms with Crippen molar-refractivity contribution >= 4 is 21.9 Å². The molecule has 0 unspecified atom stereocenters. The molecule has 0 amide bonds. The van der Waals surface area contributed by atoms with Crippen molar-refractivity contribution in [3.8, 4) is 56.4 Å². The monoisotopic (exact) mass is 591 g/mol. The third-order valence-corrected chi connectivity index (χ3v) is 9.33. The van der Waals surface area contributed by atoms with E-state index in [2.05, 4.69) is 92.7 Å². The lowest BCUT2D eigenvalue weighted by molar-refractivity contribution is 0.620. The average molecular weight is 592 g/mol. The predicted octanol–water partition coefficient (Wildman–Crippen LogP) is 10.7. The second-order valence-electron chi connectivity index (χ2n) is 12.4. The summed E-state index contributed by atoms with van der Waals surface area (Å²) in [6, 6.07) is 48.2. The largest absolute Gasteiger partial charge is 0.456 e. The number of hydrogen-bond acceptors (Lipinski definition) is 4. The molecule has 4 heteroatoms. The molecule has 0 bridgehead atoms. The first-order valence-electron chi connectivity index (χ1n) is 15.6. The maximum atomic E-state index is 6.70. The van der Waals surface area contributed by atoms with Gasteiger partial charge in [-0.15, -0.1) is 0 Å². The zero-order valence-corrected chi connectivity index (χ0v) is 25.5. The van der Waals surface area contributed by atoms with Crippen LogP contribution in [0.1, 0.15) is 25.0 Å². The fourth-order valence-electron chi connectivity index (χ4n) is 7.11. The second kappa shape index (κ2) is 10.1. The van der Waals surface area contributed by atoms with Crippen molar-refractivity contribution in [1.82, 2.24) is 15.0 Å². The zero-order chi connectivity index (χ0) is 30.8. The van der Waals surface area contributed by atoms with Gasteiger partial charge >= 0.3 is 0 Å². The maximum absolute atomic E-state index is 6.70. The van der Waals surface area contributed by atoms with E-state index in [1.165, 1.54) is 22.3 Å². The van der Waals surface area contributed by atoms with Gasteiger partial charge in [-0.2, -0.15) is 0 Å². The van der Waals surface area contributed by atoms with Gasteiger partial charge in [0.15, 0.2) is 17.5 Å². The highest BCUT2D eigenvalue weighted by Gasteiger charge is 2.38. The Balaban J connectivity index is 1.16. The summed E-state index contributed by atoms with van der Waals surface area (Å²) in [7, 11) is 0. The molecule has 0 aliphatic heterocycles. The molecule has 2 heterocycles. The van der Waals surface area contributed by atoms with Crippen LogP contribution in [-0.4, -0.2) is 15.0 Å². The summed E-state index contributed by atoms with van der Waals surface area (Å²) in [5.41, 5.74) is 12.0. The molecule has 2 aromatic heterocycles. The van der Waals surface area contributed by atoms with Crippen LogP contribution in [-0.2, 0) is 5.41 Å². The van der Waals surface area contributed by atoms with Crippen LogP contribution in [0.2, 0.25) is 0 Å². The molecule has 0 saturated heterocycles. The van der Waals surface area contributed by atoms with Gasteiger partial charge in [-0.3, -0.25) is 0 Å². The van der Waals surface area contributed by atoms with Gasteiger partial charge < -0.3 is 4.42 Å². The fraction of sp³-hybridized carbons (Fsp3) is 0.0714. The molecular weight excluding hydrogens is 562 g/mol. The van der Waals surface area contributed by atoms with E-state index in [1.54, 1.807) is 0 Å². The van der Waals surface area contributed by atoms with Crippen molar-refractivity contribution in [3.05, 3.63) is 151 Å². The smallest absolute Gasteiger partial charge is 0.164 e. The van der Waals surface area contributed by atoms with Crippen LogP contribution in [0.25, 0.3) is 78.4 Å². The van der Waals surface area contributed by atoms with Crippen molar-refractivity contribution in [2.45, 2.75) is 19.3 Å². The van der Waals surface area contributed by atoms with E-state index in [-0.39, 0.29) is 5.41 Å². The van der Waals surface area contributed by atoms with Crippen molar-refractivity contribution in [1.29, 1.82) is 0 Å². The van der Waals surface area contributed by atoms with Crippen LogP contribution in [0.4, 0.5) is 0 Å². The van der Waals surface area contributed by atoms with Crippen LogP contribution >= 0.6 is 0 Å². The molecule has 0 radical (unpaired) electrons. The second-order valence-corrected chi connectivity index (χ2v) is 12.4. The topological polar surface area (TPSA) is 51.8 Å².